The number of aromatic nitrogens is 2. The van der Waals surface area contributed by atoms with Crippen LogP contribution in [0, 0.1) is 6.92 Å². The third-order valence-corrected chi connectivity index (χ3v) is 3.11. The first kappa shape index (κ1) is 9.40. The topological polar surface area (TPSA) is 34.9 Å². The monoisotopic (exact) mass is 208 g/mol. The van der Waals surface area contributed by atoms with Crippen LogP contribution in [-0.4, -0.2) is 9.55 Å². The minimum atomic E-state index is 0.0642. The summed E-state index contributed by atoms with van der Waals surface area (Å²) in [4.78, 5) is 18.1. The molecule has 0 saturated carbocycles. The molecule has 0 aliphatic heterocycles. The Balaban J connectivity index is 2.81. The van der Waals surface area contributed by atoms with Gasteiger partial charge in [-0.2, -0.15) is 0 Å². The molecule has 4 heteroatoms. The van der Waals surface area contributed by atoms with E-state index in [2.05, 4.69) is 4.98 Å². The van der Waals surface area contributed by atoms with Crippen molar-refractivity contribution < 1.29 is 0 Å². The van der Waals surface area contributed by atoms with Gasteiger partial charge in [0.2, 0.25) is 0 Å². The molecule has 14 heavy (non-hydrogen) atoms. The zero-order chi connectivity index (χ0) is 10.3. The van der Waals surface area contributed by atoms with E-state index in [0.717, 1.165) is 15.1 Å². The second-order valence-electron chi connectivity index (χ2n) is 3.63. The predicted octanol–water partition coefficient (Wildman–Crippen LogP) is 2.35. The van der Waals surface area contributed by atoms with Crippen molar-refractivity contribution in [3.05, 3.63) is 27.6 Å². The van der Waals surface area contributed by atoms with E-state index in [1.165, 1.54) is 0 Å². The fraction of sp³-hybridized carbons (Fsp3) is 0.400. The van der Waals surface area contributed by atoms with E-state index in [4.69, 9.17) is 0 Å². The van der Waals surface area contributed by atoms with Crippen molar-refractivity contribution in [1.82, 2.24) is 9.55 Å². The molecule has 0 aliphatic carbocycles. The van der Waals surface area contributed by atoms with Gasteiger partial charge in [0, 0.05) is 10.9 Å². The van der Waals surface area contributed by atoms with Crippen molar-refractivity contribution in [2.45, 2.75) is 26.8 Å². The van der Waals surface area contributed by atoms with Crippen LogP contribution in [-0.2, 0) is 0 Å². The molecule has 0 amide bonds. The molecular weight excluding hydrogens is 196 g/mol. The zero-order valence-corrected chi connectivity index (χ0v) is 9.26. The lowest BCUT2D eigenvalue weighted by Crippen LogP contribution is -2.21. The van der Waals surface area contributed by atoms with Crippen LogP contribution in [0.15, 0.2) is 17.2 Å². The van der Waals surface area contributed by atoms with Gasteiger partial charge in [0.05, 0.1) is 11.7 Å². The molecule has 3 nitrogen and oxygen atoms in total. The highest BCUT2D eigenvalue weighted by Crippen LogP contribution is 2.19. The summed E-state index contributed by atoms with van der Waals surface area (Å²) in [6.45, 7) is 5.95. The molecule has 0 N–H and O–H groups in total. The van der Waals surface area contributed by atoms with Crippen LogP contribution in [0.4, 0.5) is 0 Å². The first-order valence-corrected chi connectivity index (χ1v) is 5.38. The largest absolute Gasteiger partial charge is 0.296 e. The van der Waals surface area contributed by atoms with E-state index in [-0.39, 0.29) is 11.6 Å². The van der Waals surface area contributed by atoms with Gasteiger partial charge in [0.15, 0.2) is 0 Å². The Labute approximate surface area is 86.0 Å². The molecule has 0 fully saturated rings. The number of fused-ring (bicyclic) bond motifs is 1. The van der Waals surface area contributed by atoms with E-state index in [1.54, 1.807) is 22.2 Å². The number of thiophene rings is 1. The number of rotatable bonds is 1. The summed E-state index contributed by atoms with van der Waals surface area (Å²) in [7, 11) is 0. The number of nitrogens with zero attached hydrogens (tertiary/aromatic N) is 2. The maximum atomic E-state index is 11.9. The van der Waals surface area contributed by atoms with Crippen LogP contribution in [0.1, 0.15) is 24.8 Å². The van der Waals surface area contributed by atoms with Crippen LogP contribution in [0.25, 0.3) is 10.2 Å². The predicted molar refractivity (Wildman–Crippen MR) is 59.0 cm³/mol. The fourth-order valence-electron chi connectivity index (χ4n) is 1.43. The third kappa shape index (κ3) is 1.35. The Hall–Kier alpha value is -1.16. The highest BCUT2D eigenvalue weighted by Gasteiger charge is 2.08. The van der Waals surface area contributed by atoms with Gasteiger partial charge in [0.25, 0.3) is 5.56 Å². The summed E-state index contributed by atoms with van der Waals surface area (Å²) in [5.74, 6) is 0. The quantitative estimate of drug-likeness (QED) is 0.721. The molecule has 2 heterocycles. The average molecular weight is 208 g/mol. The molecular formula is C10H12N2OS. The summed E-state index contributed by atoms with van der Waals surface area (Å²) in [6, 6.07) is 2.08. The molecule has 2 aromatic heterocycles. The molecule has 0 spiro atoms. The van der Waals surface area contributed by atoms with Gasteiger partial charge in [0.1, 0.15) is 4.83 Å². The summed E-state index contributed by atoms with van der Waals surface area (Å²) in [5.41, 5.74) is 0.0642. The van der Waals surface area contributed by atoms with Gasteiger partial charge in [-0.05, 0) is 26.8 Å². The smallest absolute Gasteiger partial charge is 0.262 e. The van der Waals surface area contributed by atoms with Gasteiger partial charge >= 0.3 is 0 Å². The Morgan fingerprint density at radius 2 is 2.21 bits per heavy atom. The Bertz CT molecular complexity index is 524. The molecule has 2 rings (SSSR count). The van der Waals surface area contributed by atoms with Crippen LogP contribution < -0.4 is 5.56 Å². The second kappa shape index (κ2) is 3.20. The molecule has 0 saturated heterocycles. The van der Waals surface area contributed by atoms with Crippen molar-refractivity contribution in [3.63, 3.8) is 0 Å². The summed E-state index contributed by atoms with van der Waals surface area (Å²) >= 11 is 1.56. The van der Waals surface area contributed by atoms with Crippen molar-refractivity contribution in [2.75, 3.05) is 0 Å². The van der Waals surface area contributed by atoms with Crippen molar-refractivity contribution in [3.8, 4) is 0 Å². The molecule has 0 atom stereocenters. The molecule has 74 valence electrons. The van der Waals surface area contributed by atoms with Gasteiger partial charge in [-0.3, -0.25) is 9.36 Å². The first-order chi connectivity index (χ1) is 6.59. The molecule has 0 aromatic carbocycles. The fourth-order valence-corrected chi connectivity index (χ4v) is 2.26. The third-order valence-electron chi connectivity index (χ3n) is 2.16. The Morgan fingerprint density at radius 3 is 2.86 bits per heavy atom. The Kier molecular flexibility index (Phi) is 2.15. The van der Waals surface area contributed by atoms with Gasteiger partial charge in [-0.15, -0.1) is 11.3 Å². The standard InChI is InChI=1S/C10H12N2OS/c1-6(2)12-5-11-9-8(10(12)13)4-7(3)14-9/h4-6H,1-3H3. The summed E-state index contributed by atoms with van der Waals surface area (Å²) < 4.78 is 1.66. The van der Waals surface area contributed by atoms with E-state index in [9.17, 15) is 4.79 Å². The second-order valence-corrected chi connectivity index (χ2v) is 4.86. The Morgan fingerprint density at radius 1 is 1.50 bits per heavy atom. The number of hydrogen-bond donors (Lipinski definition) is 0. The average Bonchev–Trinajstić information content (AvgIpc) is 2.46. The molecule has 2 aromatic rings. The highest BCUT2D eigenvalue weighted by atomic mass is 32.1. The van der Waals surface area contributed by atoms with Crippen LogP contribution >= 0.6 is 11.3 Å². The van der Waals surface area contributed by atoms with Crippen LogP contribution in [0.5, 0.6) is 0 Å². The number of hydrogen-bond acceptors (Lipinski definition) is 3. The maximum absolute atomic E-state index is 11.9. The summed E-state index contributed by atoms with van der Waals surface area (Å²) in [6.07, 6.45) is 1.63. The van der Waals surface area contributed by atoms with Crippen LogP contribution in [0.2, 0.25) is 0 Å². The SMILES string of the molecule is Cc1cc2c(=O)n(C(C)C)cnc2s1. The molecule has 0 unspecified atom stereocenters. The lowest BCUT2D eigenvalue weighted by atomic mass is 10.3. The lowest BCUT2D eigenvalue weighted by molar-refractivity contribution is 0.574. The van der Waals surface area contributed by atoms with E-state index >= 15 is 0 Å². The van der Waals surface area contributed by atoms with Gasteiger partial charge in [-0.25, -0.2) is 4.98 Å². The van der Waals surface area contributed by atoms with Crippen molar-refractivity contribution in [1.29, 1.82) is 0 Å². The van der Waals surface area contributed by atoms with Gasteiger partial charge < -0.3 is 0 Å². The maximum Gasteiger partial charge on any atom is 0.262 e. The highest BCUT2D eigenvalue weighted by molar-refractivity contribution is 7.18. The molecule has 0 aliphatic rings. The van der Waals surface area contributed by atoms with Crippen molar-refractivity contribution >= 4 is 21.6 Å². The minimum absolute atomic E-state index is 0.0642. The van der Waals surface area contributed by atoms with Crippen LogP contribution in [0.3, 0.4) is 0 Å². The number of aryl methyl sites for hydroxylation is 1. The minimum Gasteiger partial charge on any atom is -0.296 e. The van der Waals surface area contributed by atoms with Gasteiger partial charge in [-0.1, -0.05) is 0 Å². The van der Waals surface area contributed by atoms with E-state index in [0.29, 0.717) is 0 Å². The molecule has 0 bridgehead atoms. The van der Waals surface area contributed by atoms with E-state index < -0.39 is 0 Å². The first-order valence-electron chi connectivity index (χ1n) is 4.57. The summed E-state index contributed by atoms with van der Waals surface area (Å²) in [5, 5.41) is 0.740. The molecule has 0 radical (unpaired) electrons. The van der Waals surface area contributed by atoms with Crippen molar-refractivity contribution in [2.24, 2.45) is 0 Å². The van der Waals surface area contributed by atoms with E-state index in [1.807, 2.05) is 26.8 Å². The lowest BCUT2D eigenvalue weighted by Gasteiger charge is -2.07. The zero-order valence-electron chi connectivity index (χ0n) is 8.44. The normalized spacial score (nSPS) is 11.4.